The topological polar surface area (TPSA) is 94.1 Å². The Bertz CT molecular complexity index is 1000. The molecule has 2 heterocycles. The SMILES string of the molecule is O=C(NCO)[C@H]1C[C@H](Oc2ccc(F)c(F)c2)CN[C@@H]1C(=O)N1CCN(c2ccccc2)CC1. The summed E-state index contributed by atoms with van der Waals surface area (Å²) in [6.07, 6.45) is -0.364. The quantitative estimate of drug-likeness (QED) is 0.543. The summed E-state index contributed by atoms with van der Waals surface area (Å²) in [6, 6.07) is 12.4. The van der Waals surface area contributed by atoms with Gasteiger partial charge in [-0.2, -0.15) is 0 Å². The molecule has 0 bridgehead atoms. The second-order valence-electron chi connectivity index (χ2n) is 8.39. The number of nitrogens with one attached hydrogen (secondary N) is 2. The minimum atomic E-state index is -1.03. The zero-order valence-electron chi connectivity index (χ0n) is 18.6. The average Bonchev–Trinajstić information content (AvgIpc) is 2.86. The largest absolute Gasteiger partial charge is 0.489 e. The number of carbonyl (C=O) groups is 2. The van der Waals surface area contributed by atoms with Gasteiger partial charge in [-0.3, -0.25) is 9.59 Å². The number of para-hydroxylation sites is 1. The van der Waals surface area contributed by atoms with Crippen LogP contribution in [0.5, 0.6) is 5.75 Å². The van der Waals surface area contributed by atoms with Crippen LogP contribution in [0.25, 0.3) is 0 Å². The van der Waals surface area contributed by atoms with Crippen LogP contribution in [0.15, 0.2) is 48.5 Å². The van der Waals surface area contributed by atoms with Crippen molar-refractivity contribution in [2.24, 2.45) is 5.92 Å². The van der Waals surface area contributed by atoms with E-state index in [4.69, 9.17) is 4.74 Å². The molecule has 2 aromatic rings. The second kappa shape index (κ2) is 10.8. The lowest BCUT2D eigenvalue weighted by Crippen LogP contribution is -2.62. The Morgan fingerprint density at radius 2 is 1.79 bits per heavy atom. The summed E-state index contributed by atoms with van der Waals surface area (Å²) in [4.78, 5) is 30.0. The maximum Gasteiger partial charge on any atom is 0.240 e. The number of halogens is 2. The summed E-state index contributed by atoms with van der Waals surface area (Å²) >= 11 is 0. The number of hydrogen-bond donors (Lipinski definition) is 3. The number of hydrogen-bond acceptors (Lipinski definition) is 6. The number of nitrogens with zero attached hydrogens (tertiary/aromatic N) is 2. The van der Waals surface area contributed by atoms with E-state index in [1.54, 1.807) is 4.90 Å². The maximum atomic E-state index is 13.5. The number of piperazine rings is 1. The normalized spacial score (nSPS) is 22.9. The van der Waals surface area contributed by atoms with Gasteiger partial charge in [-0.1, -0.05) is 18.2 Å². The molecule has 4 rings (SSSR count). The number of benzene rings is 2. The molecule has 2 saturated heterocycles. The van der Waals surface area contributed by atoms with E-state index in [0.717, 1.165) is 17.8 Å². The van der Waals surface area contributed by atoms with Crippen LogP contribution >= 0.6 is 0 Å². The maximum absolute atomic E-state index is 13.5. The number of rotatable bonds is 6. The molecule has 0 radical (unpaired) electrons. The fourth-order valence-corrected chi connectivity index (χ4v) is 4.48. The van der Waals surface area contributed by atoms with Gasteiger partial charge in [0.05, 0.1) is 12.0 Å². The van der Waals surface area contributed by atoms with Crippen molar-refractivity contribution in [2.45, 2.75) is 18.6 Å². The third kappa shape index (κ3) is 5.45. The van der Waals surface area contributed by atoms with Gasteiger partial charge in [-0.15, -0.1) is 0 Å². The lowest BCUT2D eigenvalue weighted by Gasteiger charge is -2.41. The van der Waals surface area contributed by atoms with Gasteiger partial charge >= 0.3 is 0 Å². The highest BCUT2D eigenvalue weighted by molar-refractivity contribution is 5.90. The van der Waals surface area contributed by atoms with Crippen LogP contribution in [0.1, 0.15) is 6.42 Å². The van der Waals surface area contributed by atoms with Gasteiger partial charge in [0.25, 0.3) is 0 Å². The van der Waals surface area contributed by atoms with E-state index in [1.165, 1.54) is 6.07 Å². The molecular weight excluding hydrogens is 446 g/mol. The van der Waals surface area contributed by atoms with Crippen molar-refractivity contribution in [1.29, 1.82) is 0 Å². The third-order valence-electron chi connectivity index (χ3n) is 6.25. The molecule has 8 nitrogen and oxygen atoms in total. The first-order valence-electron chi connectivity index (χ1n) is 11.3. The fourth-order valence-electron chi connectivity index (χ4n) is 4.48. The minimum absolute atomic E-state index is 0.133. The molecule has 3 atom stereocenters. The molecule has 0 aromatic heterocycles. The van der Waals surface area contributed by atoms with Crippen molar-refractivity contribution in [3.63, 3.8) is 0 Å². The fraction of sp³-hybridized carbons (Fsp3) is 0.417. The molecule has 0 aliphatic carbocycles. The smallest absolute Gasteiger partial charge is 0.240 e. The lowest BCUT2D eigenvalue weighted by atomic mass is 9.87. The van der Waals surface area contributed by atoms with Crippen LogP contribution in [-0.4, -0.2) is 73.4 Å². The lowest BCUT2D eigenvalue weighted by molar-refractivity contribution is -0.142. The molecule has 3 N–H and O–H groups in total. The number of piperidine rings is 1. The Labute approximate surface area is 196 Å². The average molecular weight is 475 g/mol. The van der Waals surface area contributed by atoms with Crippen molar-refractivity contribution < 1.29 is 28.2 Å². The molecule has 34 heavy (non-hydrogen) atoms. The van der Waals surface area contributed by atoms with E-state index in [-0.39, 0.29) is 24.6 Å². The van der Waals surface area contributed by atoms with Crippen LogP contribution in [0.2, 0.25) is 0 Å². The highest BCUT2D eigenvalue weighted by Crippen LogP contribution is 2.25. The number of anilines is 1. The van der Waals surface area contributed by atoms with Gasteiger partial charge in [-0.05, 0) is 30.7 Å². The number of carbonyl (C=O) groups excluding carboxylic acids is 2. The van der Waals surface area contributed by atoms with Gasteiger partial charge < -0.3 is 30.3 Å². The predicted octanol–water partition coefficient (Wildman–Crippen LogP) is 1.11. The molecule has 0 spiro atoms. The Morgan fingerprint density at radius 1 is 1.06 bits per heavy atom. The number of ether oxygens (including phenoxy) is 1. The summed E-state index contributed by atoms with van der Waals surface area (Å²) in [6.45, 7) is 2.10. The molecular formula is C24H28F2N4O4. The first kappa shape index (κ1) is 23.9. The third-order valence-corrected chi connectivity index (χ3v) is 6.25. The molecule has 10 heteroatoms. The van der Waals surface area contributed by atoms with Crippen LogP contribution in [-0.2, 0) is 9.59 Å². The van der Waals surface area contributed by atoms with Crippen LogP contribution in [0, 0.1) is 17.6 Å². The van der Waals surface area contributed by atoms with Gasteiger partial charge in [0, 0.05) is 44.5 Å². The molecule has 2 aliphatic rings. The minimum Gasteiger partial charge on any atom is -0.489 e. The summed E-state index contributed by atoms with van der Waals surface area (Å²) in [5.41, 5.74) is 1.10. The van der Waals surface area contributed by atoms with Gasteiger partial charge in [0.15, 0.2) is 11.6 Å². The predicted molar refractivity (Wildman–Crippen MR) is 121 cm³/mol. The number of aliphatic hydroxyl groups is 1. The van der Waals surface area contributed by atoms with E-state index >= 15 is 0 Å². The highest BCUT2D eigenvalue weighted by atomic mass is 19.2. The Hall–Kier alpha value is -3.24. The van der Waals surface area contributed by atoms with E-state index in [9.17, 15) is 23.5 Å². The Balaban J connectivity index is 1.40. The van der Waals surface area contributed by atoms with E-state index in [0.29, 0.717) is 26.2 Å². The van der Waals surface area contributed by atoms with E-state index < -0.39 is 42.3 Å². The van der Waals surface area contributed by atoms with Crippen LogP contribution in [0.3, 0.4) is 0 Å². The highest BCUT2D eigenvalue weighted by Gasteiger charge is 2.42. The molecule has 2 aromatic carbocycles. The van der Waals surface area contributed by atoms with Crippen molar-refractivity contribution in [3.8, 4) is 5.75 Å². The molecule has 182 valence electrons. The van der Waals surface area contributed by atoms with Crippen LogP contribution in [0.4, 0.5) is 14.5 Å². The summed E-state index contributed by atoms with van der Waals surface area (Å²) in [5.74, 6) is -3.33. The van der Waals surface area contributed by atoms with E-state index in [1.807, 2.05) is 30.3 Å². The van der Waals surface area contributed by atoms with Gasteiger partial charge in [-0.25, -0.2) is 8.78 Å². The molecule has 2 fully saturated rings. The molecule has 0 saturated carbocycles. The first-order valence-corrected chi connectivity index (χ1v) is 11.3. The van der Waals surface area contributed by atoms with Gasteiger partial charge in [0.1, 0.15) is 18.6 Å². The van der Waals surface area contributed by atoms with E-state index in [2.05, 4.69) is 15.5 Å². The zero-order valence-corrected chi connectivity index (χ0v) is 18.6. The zero-order chi connectivity index (χ0) is 24.1. The standard InChI is InChI=1S/C24H28F2N4O4/c25-20-7-6-17(13-21(20)26)34-18-12-19(23(32)28-15-31)22(27-14-18)24(33)30-10-8-29(9-11-30)16-4-2-1-3-5-16/h1-7,13,18-19,22,27,31H,8-12,14-15H2,(H,28,32)/t18-,19-,22-/m0/s1. The second-order valence-corrected chi connectivity index (χ2v) is 8.39. The molecule has 2 aliphatic heterocycles. The summed E-state index contributed by atoms with van der Waals surface area (Å²) < 4.78 is 32.5. The summed E-state index contributed by atoms with van der Waals surface area (Å²) in [5, 5.41) is 14.6. The monoisotopic (exact) mass is 474 g/mol. The Kier molecular flexibility index (Phi) is 7.59. The van der Waals surface area contributed by atoms with Crippen molar-refractivity contribution >= 4 is 17.5 Å². The molecule has 0 unspecified atom stereocenters. The van der Waals surface area contributed by atoms with Crippen molar-refractivity contribution in [1.82, 2.24) is 15.5 Å². The van der Waals surface area contributed by atoms with Gasteiger partial charge in [0.2, 0.25) is 11.8 Å². The number of amides is 2. The van der Waals surface area contributed by atoms with Crippen molar-refractivity contribution in [2.75, 3.05) is 44.4 Å². The van der Waals surface area contributed by atoms with Crippen molar-refractivity contribution in [3.05, 3.63) is 60.2 Å². The molecule has 2 amide bonds. The Morgan fingerprint density at radius 3 is 2.47 bits per heavy atom. The number of aliphatic hydroxyl groups excluding tert-OH is 1. The van der Waals surface area contributed by atoms with Crippen LogP contribution < -0.4 is 20.3 Å². The first-order chi connectivity index (χ1) is 16.5. The summed E-state index contributed by atoms with van der Waals surface area (Å²) in [7, 11) is 0.